The van der Waals surface area contributed by atoms with Crippen molar-refractivity contribution < 1.29 is 9.94 Å². The summed E-state index contributed by atoms with van der Waals surface area (Å²) in [4.78, 5) is 2.24. The predicted octanol–water partition coefficient (Wildman–Crippen LogP) is 2.37. The lowest BCUT2D eigenvalue weighted by atomic mass is 10.0. The third-order valence-corrected chi connectivity index (χ3v) is 4.01. The Hall–Kier alpha value is -1.59. The van der Waals surface area contributed by atoms with Gasteiger partial charge in [-0.05, 0) is 31.9 Å². The maximum Gasteiger partial charge on any atom is 0.141 e. The molecule has 5 heteroatoms. The average molecular weight is 291 g/mol. The van der Waals surface area contributed by atoms with Crippen molar-refractivity contribution in [2.75, 3.05) is 20.2 Å². The first kappa shape index (κ1) is 15.8. The monoisotopic (exact) mass is 291 g/mol. The molecule has 1 saturated heterocycles. The molecule has 0 aliphatic carbocycles. The van der Waals surface area contributed by atoms with Crippen molar-refractivity contribution >= 4 is 5.84 Å². The molecule has 0 aromatic heterocycles. The van der Waals surface area contributed by atoms with Gasteiger partial charge in [0.15, 0.2) is 0 Å². The highest BCUT2D eigenvalue weighted by molar-refractivity contribution is 5.80. The van der Waals surface area contributed by atoms with E-state index in [2.05, 4.69) is 29.2 Å². The van der Waals surface area contributed by atoms with Crippen LogP contribution in [0.3, 0.4) is 0 Å². The SMILES string of the molecule is CN(CC1CCCCO1)C(CC(N)=NO)c1ccccc1. The normalized spacial score (nSPS) is 21.4. The Morgan fingerprint density at radius 2 is 2.19 bits per heavy atom. The van der Waals surface area contributed by atoms with Gasteiger partial charge in [-0.15, -0.1) is 0 Å². The van der Waals surface area contributed by atoms with Crippen LogP contribution in [-0.4, -0.2) is 42.2 Å². The van der Waals surface area contributed by atoms with E-state index in [-0.39, 0.29) is 18.0 Å². The zero-order valence-corrected chi connectivity index (χ0v) is 12.6. The van der Waals surface area contributed by atoms with Gasteiger partial charge >= 0.3 is 0 Å². The van der Waals surface area contributed by atoms with E-state index in [4.69, 9.17) is 15.7 Å². The van der Waals surface area contributed by atoms with E-state index < -0.39 is 0 Å². The summed E-state index contributed by atoms with van der Waals surface area (Å²) in [7, 11) is 2.07. The van der Waals surface area contributed by atoms with Crippen LogP contribution in [0, 0.1) is 0 Å². The molecule has 1 aromatic rings. The van der Waals surface area contributed by atoms with Crippen LogP contribution in [0.1, 0.15) is 37.3 Å². The minimum Gasteiger partial charge on any atom is -0.409 e. The van der Waals surface area contributed by atoms with Crippen LogP contribution in [-0.2, 0) is 4.74 Å². The van der Waals surface area contributed by atoms with Crippen molar-refractivity contribution in [3.63, 3.8) is 0 Å². The molecular weight excluding hydrogens is 266 g/mol. The zero-order valence-electron chi connectivity index (χ0n) is 12.6. The summed E-state index contributed by atoms with van der Waals surface area (Å²) in [5.41, 5.74) is 6.89. The topological polar surface area (TPSA) is 71.1 Å². The molecule has 5 nitrogen and oxygen atoms in total. The van der Waals surface area contributed by atoms with Gasteiger partial charge in [-0.25, -0.2) is 0 Å². The van der Waals surface area contributed by atoms with Crippen molar-refractivity contribution in [2.45, 2.75) is 37.8 Å². The van der Waals surface area contributed by atoms with Gasteiger partial charge in [0.1, 0.15) is 5.84 Å². The Morgan fingerprint density at radius 3 is 2.81 bits per heavy atom. The largest absolute Gasteiger partial charge is 0.409 e. The number of amidine groups is 1. The fourth-order valence-electron chi connectivity index (χ4n) is 2.84. The van der Waals surface area contributed by atoms with Gasteiger partial charge in [-0.1, -0.05) is 35.5 Å². The molecule has 0 saturated carbocycles. The first-order valence-corrected chi connectivity index (χ1v) is 7.54. The number of hydrogen-bond donors (Lipinski definition) is 2. The number of rotatable bonds is 6. The standard InChI is InChI=1S/C16H25N3O2/c1-19(12-14-9-5-6-10-21-14)15(11-16(17)18-20)13-7-3-2-4-8-13/h2-4,7-8,14-15,20H,5-6,9-12H2,1H3,(H2,17,18). The fourth-order valence-corrected chi connectivity index (χ4v) is 2.84. The number of benzene rings is 1. The number of nitrogens with zero attached hydrogens (tertiary/aromatic N) is 2. The zero-order chi connectivity index (χ0) is 15.1. The Bertz CT molecular complexity index is 444. The smallest absolute Gasteiger partial charge is 0.141 e. The summed E-state index contributed by atoms with van der Waals surface area (Å²) in [5.74, 6) is 0.250. The van der Waals surface area contributed by atoms with Crippen LogP contribution in [0.15, 0.2) is 35.5 Å². The molecule has 0 spiro atoms. The molecule has 2 rings (SSSR count). The first-order valence-electron chi connectivity index (χ1n) is 7.54. The molecule has 1 fully saturated rings. The fraction of sp³-hybridized carbons (Fsp3) is 0.562. The second-order valence-electron chi connectivity index (χ2n) is 5.65. The Morgan fingerprint density at radius 1 is 1.43 bits per heavy atom. The van der Waals surface area contributed by atoms with Crippen molar-refractivity contribution in [1.82, 2.24) is 4.90 Å². The maximum atomic E-state index is 8.85. The molecule has 0 radical (unpaired) electrons. The molecule has 1 aliphatic rings. The summed E-state index contributed by atoms with van der Waals surface area (Å²) in [5, 5.41) is 12.0. The van der Waals surface area contributed by atoms with E-state index in [1.165, 1.54) is 12.0 Å². The van der Waals surface area contributed by atoms with Crippen LogP contribution >= 0.6 is 0 Å². The molecule has 1 aromatic carbocycles. The van der Waals surface area contributed by atoms with Gasteiger partial charge in [0.25, 0.3) is 0 Å². The molecule has 2 atom stereocenters. The molecule has 1 heterocycles. The van der Waals surface area contributed by atoms with Crippen LogP contribution < -0.4 is 5.73 Å². The lowest BCUT2D eigenvalue weighted by Gasteiger charge is -2.33. The van der Waals surface area contributed by atoms with Crippen LogP contribution in [0.2, 0.25) is 0 Å². The molecular formula is C16H25N3O2. The second-order valence-corrected chi connectivity index (χ2v) is 5.65. The van der Waals surface area contributed by atoms with Crippen LogP contribution in [0.4, 0.5) is 0 Å². The Kier molecular flexibility index (Phi) is 6.02. The van der Waals surface area contributed by atoms with Gasteiger partial charge in [-0.3, -0.25) is 4.90 Å². The highest BCUT2D eigenvalue weighted by Crippen LogP contribution is 2.25. The highest BCUT2D eigenvalue weighted by Gasteiger charge is 2.23. The van der Waals surface area contributed by atoms with Crippen LogP contribution in [0.25, 0.3) is 0 Å². The summed E-state index contributed by atoms with van der Waals surface area (Å²) in [6.45, 7) is 1.72. The molecule has 116 valence electrons. The van der Waals surface area contributed by atoms with Crippen molar-refractivity contribution in [3.8, 4) is 0 Å². The predicted molar refractivity (Wildman–Crippen MR) is 83.4 cm³/mol. The number of hydrogen-bond acceptors (Lipinski definition) is 4. The number of oxime groups is 1. The van der Waals surface area contributed by atoms with E-state index in [0.29, 0.717) is 6.42 Å². The first-order chi connectivity index (χ1) is 10.2. The summed E-state index contributed by atoms with van der Waals surface area (Å²) in [6, 6.07) is 10.3. The van der Waals surface area contributed by atoms with E-state index in [1.807, 2.05) is 18.2 Å². The van der Waals surface area contributed by atoms with E-state index in [9.17, 15) is 0 Å². The summed E-state index contributed by atoms with van der Waals surface area (Å²) < 4.78 is 5.81. The van der Waals surface area contributed by atoms with Crippen molar-refractivity contribution in [2.24, 2.45) is 10.9 Å². The number of ether oxygens (including phenoxy) is 1. The van der Waals surface area contributed by atoms with Crippen molar-refractivity contribution in [1.29, 1.82) is 0 Å². The van der Waals surface area contributed by atoms with E-state index >= 15 is 0 Å². The van der Waals surface area contributed by atoms with E-state index in [1.54, 1.807) is 0 Å². The highest BCUT2D eigenvalue weighted by atomic mass is 16.5. The van der Waals surface area contributed by atoms with Crippen LogP contribution in [0.5, 0.6) is 0 Å². The van der Waals surface area contributed by atoms with E-state index in [0.717, 1.165) is 26.0 Å². The lowest BCUT2D eigenvalue weighted by molar-refractivity contribution is -0.00797. The van der Waals surface area contributed by atoms with Gasteiger partial charge in [-0.2, -0.15) is 0 Å². The van der Waals surface area contributed by atoms with Crippen molar-refractivity contribution in [3.05, 3.63) is 35.9 Å². The summed E-state index contributed by atoms with van der Waals surface area (Å²) >= 11 is 0. The Labute approximate surface area is 126 Å². The second kappa shape index (κ2) is 8.00. The Balaban J connectivity index is 2.06. The molecule has 0 amide bonds. The minimum absolute atomic E-state index is 0.0904. The van der Waals surface area contributed by atoms with Gasteiger partial charge < -0.3 is 15.7 Å². The molecule has 21 heavy (non-hydrogen) atoms. The third kappa shape index (κ3) is 4.72. The van der Waals surface area contributed by atoms with Gasteiger partial charge in [0.2, 0.25) is 0 Å². The maximum absolute atomic E-state index is 8.85. The number of likely N-dealkylation sites (N-methyl/N-ethyl adjacent to an activating group) is 1. The average Bonchev–Trinajstić information content (AvgIpc) is 2.54. The minimum atomic E-state index is 0.0904. The molecule has 0 bridgehead atoms. The molecule has 3 N–H and O–H groups in total. The molecule has 1 aliphatic heterocycles. The lowest BCUT2D eigenvalue weighted by Crippen LogP contribution is -2.37. The van der Waals surface area contributed by atoms with Gasteiger partial charge in [0, 0.05) is 25.6 Å². The quantitative estimate of drug-likeness (QED) is 0.365. The van der Waals surface area contributed by atoms with Gasteiger partial charge in [0.05, 0.1) is 6.10 Å². The summed E-state index contributed by atoms with van der Waals surface area (Å²) in [6.07, 6.45) is 4.28. The third-order valence-electron chi connectivity index (χ3n) is 4.01. The number of nitrogens with two attached hydrogens (primary N) is 1. The molecule has 2 unspecified atom stereocenters.